The van der Waals surface area contributed by atoms with E-state index in [4.69, 9.17) is 0 Å². The zero-order chi connectivity index (χ0) is 14.2. The number of benzene rings is 1. The van der Waals surface area contributed by atoms with Crippen molar-refractivity contribution in [2.75, 3.05) is 13.1 Å². The molecule has 20 heavy (non-hydrogen) atoms. The lowest BCUT2D eigenvalue weighted by molar-refractivity contribution is 0.0773. The van der Waals surface area contributed by atoms with Crippen molar-refractivity contribution in [1.82, 2.24) is 9.88 Å². The number of amides is 1. The van der Waals surface area contributed by atoms with Crippen LogP contribution in [0.3, 0.4) is 0 Å². The molecule has 2 aromatic rings. The molecule has 1 atom stereocenters. The standard InChI is InChI=1S/C17H20N2O/c1-17(2)12-19(16(20)15-9-6-10-18-15)11-14(17)13-7-4-3-5-8-13/h3-10,14,18H,11-12H2,1-2H3. The Labute approximate surface area is 119 Å². The van der Waals surface area contributed by atoms with Gasteiger partial charge >= 0.3 is 0 Å². The number of nitrogens with one attached hydrogen (secondary N) is 1. The van der Waals surface area contributed by atoms with E-state index in [-0.39, 0.29) is 11.3 Å². The van der Waals surface area contributed by atoms with Crippen LogP contribution in [0.4, 0.5) is 0 Å². The van der Waals surface area contributed by atoms with Crippen molar-refractivity contribution in [3.05, 3.63) is 59.9 Å². The number of H-pyrrole nitrogens is 1. The Morgan fingerprint density at radius 3 is 2.60 bits per heavy atom. The Morgan fingerprint density at radius 2 is 1.95 bits per heavy atom. The van der Waals surface area contributed by atoms with Gasteiger partial charge in [-0.1, -0.05) is 44.2 Å². The Hall–Kier alpha value is -2.03. The number of aromatic nitrogens is 1. The van der Waals surface area contributed by atoms with Crippen LogP contribution >= 0.6 is 0 Å². The molecule has 1 aromatic heterocycles. The molecule has 1 aliphatic rings. The minimum Gasteiger partial charge on any atom is -0.357 e. The van der Waals surface area contributed by atoms with Gasteiger partial charge in [-0.05, 0) is 23.1 Å². The van der Waals surface area contributed by atoms with Crippen molar-refractivity contribution >= 4 is 5.91 Å². The monoisotopic (exact) mass is 268 g/mol. The molecule has 1 aliphatic heterocycles. The molecule has 1 fully saturated rings. The second-order valence-electron chi connectivity index (χ2n) is 6.22. The van der Waals surface area contributed by atoms with Crippen LogP contribution in [0.25, 0.3) is 0 Å². The minimum absolute atomic E-state index is 0.0986. The first-order valence-electron chi connectivity index (χ1n) is 7.05. The molecular formula is C17H20N2O. The highest BCUT2D eigenvalue weighted by Crippen LogP contribution is 2.42. The molecule has 1 unspecified atom stereocenters. The summed E-state index contributed by atoms with van der Waals surface area (Å²) in [5.74, 6) is 0.490. The maximum absolute atomic E-state index is 12.5. The normalized spacial score (nSPS) is 21.1. The number of carbonyl (C=O) groups excluding carboxylic acids is 1. The summed E-state index contributed by atoms with van der Waals surface area (Å²) in [5, 5.41) is 0. The maximum atomic E-state index is 12.5. The Kier molecular flexibility index (Phi) is 3.13. The van der Waals surface area contributed by atoms with Gasteiger partial charge < -0.3 is 9.88 Å². The lowest BCUT2D eigenvalue weighted by atomic mass is 9.78. The van der Waals surface area contributed by atoms with Crippen LogP contribution in [0.1, 0.15) is 35.8 Å². The van der Waals surface area contributed by atoms with Gasteiger partial charge in [-0.15, -0.1) is 0 Å². The molecule has 104 valence electrons. The smallest absolute Gasteiger partial charge is 0.270 e. The summed E-state index contributed by atoms with van der Waals surface area (Å²) in [6.07, 6.45) is 1.79. The molecule has 0 saturated carbocycles. The summed E-state index contributed by atoms with van der Waals surface area (Å²) in [6.45, 7) is 6.07. The predicted molar refractivity (Wildman–Crippen MR) is 79.7 cm³/mol. The molecule has 0 bridgehead atoms. The van der Waals surface area contributed by atoms with Gasteiger partial charge in [0, 0.05) is 25.2 Å². The van der Waals surface area contributed by atoms with Crippen LogP contribution in [-0.4, -0.2) is 28.9 Å². The average molecular weight is 268 g/mol. The lowest BCUT2D eigenvalue weighted by Gasteiger charge is -2.25. The highest BCUT2D eigenvalue weighted by atomic mass is 16.2. The molecule has 3 heteroatoms. The molecule has 0 spiro atoms. The molecule has 1 N–H and O–H groups in total. The van der Waals surface area contributed by atoms with Gasteiger partial charge in [-0.3, -0.25) is 4.79 Å². The molecule has 1 aromatic carbocycles. The molecule has 3 nitrogen and oxygen atoms in total. The van der Waals surface area contributed by atoms with E-state index >= 15 is 0 Å². The third-order valence-corrected chi connectivity index (χ3v) is 4.26. The van der Waals surface area contributed by atoms with Crippen molar-refractivity contribution < 1.29 is 4.79 Å². The van der Waals surface area contributed by atoms with Gasteiger partial charge in [-0.25, -0.2) is 0 Å². The lowest BCUT2D eigenvalue weighted by Crippen LogP contribution is -2.30. The second-order valence-corrected chi connectivity index (χ2v) is 6.22. The van der Waals surface area contributed by atoms with Gasteiger partial charge in [0.25, 0.3) is 5.91 Å². The Bertz CT molecular complexity index is 587. The zero-order valence-electron chi connectivity index (χ0n) is 12.0. The van der Waals surface area contributed by atoms with Gasteiger partial charge in [0.05, 0.1) is 0 Å². The van der Waals surface area contributed by atoms with Crippen molar-refractivity contribution in [3.8, 4) is 0 Å². The summed E-state index contributed by atoms with van der Waals surface area (Å²) >= 11 is 0. The number of likely N-dealkylation sites (tertiary alicyclic amines) is 1. The van der Waals surface area contributed by atoms with Gasteiger partial charge in [0.1, 0.15) is 5.69 Å². The van der Waals surface area contributed by atoms with Crippen molar-refractivity contribution in [3.63, 3.8) is 0 Å². The quantitative estimate of drug-likeness (QED) is 0.891. The van der Waals surface area contributed by atoms with E-state index in [1.807, 2.05) is 23.1 Å². The number of rotatable bonds is 2. The maximum Gasteiger partial charge on any atom is 0.270 e. The van der Waals surface area contributed by atoms with Gasteiger partial charge in [0.2, 0.25) is 0 Å². The molecule has 1 amide bonds. The first-order valence-corrected chi connectivity index (χ1v) is 7.05. The zero-order valence-corrected chi connectivity index (χ0v) is 12.0. The highest BCUT2D eigenvalue weighted by Gasteiger charge is 2.42. The molecular weight excluding hydrogens is 248 g/mol. The molecule has 0 aliphatic carbocycles. The molecule has 2 heterocycles. The van der Waals surface area contributed by atoms with Crippen molar-refractivity contribution in [2.45, 2.75) is 19.8 Å². The average Bonchev–Trinajstić information content (AvgIpc) is 3.06. The van der Waals surface area contributed by atoms with Crippen LogP contribution in [0.5, 0.6) is 0 Å². The second kappa shape index (κ2) is 4.82. The Morgan fingerprint density at radius 1 is 1.20 bits per heavy atom. The third kappa shape index (κ3) is 2.24. The number of hydrogen-bond donors (Lipinski definition) is 1. The SMILES string of the molecule is CC1(C)CN(C(=O)c2ccc[nH]2)CC1c1ccccc1. The summed E-state index contributed by atoms with van der Waals surface area (Å²) in [4.78, 5) is 17.4. The van der Waals surface area contributed by atoms with Crippen LogP contribution in [-0.2, 0) is 0 Å². The number of nitrogens with zero attached hydrogens (tertiary/aromatic N) is 1. The van der Waals surface area contributed by atoms with Crippen molar-refractivity contribution in [2.24, 2.45) is 5.41 Å². The summed E-state index contributed by atoms with van der Waals surface area (Å²) in [7, 11) is 0. The first-order chi connectivity index (χ1) is 9.58. The first kappa shape index (κ1) is 13.0. The fraction of sp³-hybridized carbons (Fsp3) is 0.353. The number of carbonyl (C=O) groups is 1. The van der Waals surface area contributed by atoms with Crippen molar-refractivity contribution in [1.29, 1.82) is 0 Å². The number of hydrogen-bond acceptors (Lipinski definition) is 1. The van der Waals surface area contributed by atoms with Crippen LogP contribution in [0.2, 0.25) is 0 Å². The molecule has 0 radical (unpaired) electrons. The topological polar surface area (TPSA) is 36.1 Å². The highest BCUT2D eigenvalue weighted by molar-refractivity contribution is 5.92. The summed E-state index contributed by atoms with van der Waals surface area (Å²) in [5.41, 5.74) is 2.10. The van der Waals surface area contributed by atoms with E-state index in [9.17, 15) is 4.79 Å². The van der Waals surface area contributed by atoms with Gasteiger partial charge in [-0.2, -0.15) is 0 Å². The fourth-order valence-corrected chi connectivity index (χ4v) is 3.16. The third-order valence-electron chi connectivity index (χ3n) is 4.26. The number of aromatic amines is 1. The summed E-state index contributed by atoms with van der Waals surface area (Å²) < 4.78 is 0. The van der Waals surface area contributed by atoms with Crippen LogP contribution < -0.4 is 0 Å². The fourth-order valence-electron chi connectivity index (χ4n) is 3.16. The van der Waals surface area contributed by atoms with Crippen LogP contribution in [0.15, 0.2) is 48.7 Å². The van der Waals surface area contributed by atoms with Gasteiger partial charge in [0.15, 0.2) is 0 Å². The van der Waals surface area contributed by atoms with E-state index in [0.717, 1.165) is 13.1 Å². The van der Waals surface area contributed by atoms with Crippen LogP contribution in [0, 0.1) is 5.41 Å². The molecule has 1 saturated heterocycles. The van der Waals surface area contributed by atoms with E-state index in [2.05, 4.69) is 43.1 Å². The van der Waals surface area contributed by atoms with E-state index in [1.54, 1.807) is 6.20 Å². The molecule has 3 rings (SSSR count). The van der Waals surface area contributed by atoms with E-state index in [1.165, 1.54) is 5.56 Å². The predicted octanol–water partition coefficient (Wildman–Crippen LogP) is 3.28. The Balaban J connectivity index is 1.84. The van der Waals surface area contributed by atoms with E-state index in [0.29, 0.717) is 11.6 Å². The minimum atomic E-state index is 0.0986. The summed E-state index contributed by atoms with van der Waals surface area (Å²) in [6, 6.07) is 14.2. The largest absolute Gasteiger partial charge is 0.357 e. The van der Waals surface area contributed by atoms with E-state index < -0.39 is 0 Å².